The Hall–Kier alpha value is -1.93. The third-order valence-corrected chi connectivity index (χ3v) is 9.17. The molecule has 166 valence electrons. The monoisotopic (exact) mass is 676 g/mol. The number of alkyl halides is 1. The Morgan fingerprint density at radius 1 is 1.09 bits per heavy atom. The Labute approximate surface area is 213 Å². The molecule has 1 unspecified atom stereocenters. The second kappa shape index (κ2) is 9.51. The van der Waals surface area contributed by atoms with E-state index in [9.17, 15) is 18.5 Å². The van der Waals surface area contributed by atoms with E-state index in [2.05, 4.69) is 22.6 Å². The van der Waals surface area contributed by atoms with E-state index in [1.54, 1.807) is 30.3 Å². The third-order valence-electron chi connectivity index (χ3n) is 5.22. The zero-order chi connectivity index (χ0) is 22.9. The molecule has 0 aliphatic carbocycles. The molecule has 4 rings (SSSR count). The molecule has 0 radical (unpaired) electrons. The SMILES string of the molecule is O=[N+]([O-])c1c(OCc2ccccc2)cc2c(c1I)C(CI)CN2S(=O)(=O)c1ccccc1. The van der Waals surface area contributed by atoms with Gasteiger partial charge in [-0.2, -0.15) is 0 Å². The molecular weight excluding hydrogens is 658 g/mol. The van der Waals surface area contributed by atoms with Crippen molar-refractivity contribution in [1.29, 1.82) is 0 Å². The molecule has 0 bridgehead atoms. The highest BCUT2D eigenvalue weighted by atomic mass is 127. The van der Waals surface area contributed by atoms with Gasteiger partial charge in [0.1, 0.15) is 10.2 Å². The number of hydrogen-bond donors (Lipinski definition) is 0. The summed E-state index contributed by atoms with van der Waals surface area (Å²) in [5, 5.41) is 11.9. The van der Waals surface area contributed by atoms with Gasteiger partial charge in [0.15, 0.2) is 0 Å². The summed E-state index contributed by atoms with van der Waals surface area (Å²) in [6, 6.07) is 19.0. The van der Waals surface area contributed by atoms with Crippen molar-refractivity contribution in [3.05, 3.63) is 91.5 Å². The minimum atomic E-state index is -3.83. The average Bonchev–Trinajstić information content (AvgIpc) is 3.18. The number of sulfonamides is 1. The number of benzene rings is 3. The van der Waals surface area contributed by atoms with Crippen LogP contribution >= 0.6 is 45.2 Å². The van der Waals surface area contributed by atoms with Crippen molar-refractivity contribution < 1.29 is 18.1 Å². The Morgan fingerprint density at radius 2 is 1.72 bits per heavy atom. The lowest BCUT2D eigenvalue weighted by Gasteiger charge is -2.20. The van der Waals surface area contributed by atoms with E-state index < -0.39 is 14.9 Å². The number of nitrogens with zero attached hydrogens (tertiary/aromatic N) is 2. The highest BCUT2D eigenvalue weighted by Gasteiger charge is 2.41. The Kier molecular flexibility index (Phi) is 6.91. The summed E-state index contributed by atoms with van der Waals surface area (Å²) in [4.78, 5) is 11.7. The minimum Gasteiger partial charge on any atom is -0.482 e. The lowest BCUT2D eigenvalue weighted by atomic mass is 10.0. The van der Waals surface area contributed by atoms with Crippen LogP contribution in [0, 0.1) is 13.7 Å². The second-order valence-corrected chi connectivity index (χ2v) is 11.0. The van der Waals surface area contributed by atoms with Crippen LogP contribution in [0.25, 0.3) is 0 Å². The minimum absolute atomic E-state index is 0.0596. The number of halogens is 2. The molecule has 0 saturated heterocycles. The molecule has 0 N–H and O–H groups in total. The first-order valence-corrected chi connectivity index (χ1v) is 13.7. The largest absolute Gasteiger partial charge is 0.482 e. The Balaban J connectivity index is 1.83. The average molecular weight is 676 g/mol. The Bertz CT molecular complexity index is 1250. The van der Waals surface area contributed by atoms with Gasteiger partial charge < -0.3 is 4.74 Å². The molecule has 0 saturated carbocycles. The van der Waals surface area contributed by atoms with Crippen LogP contribution in [0.2, 0.25) is 0 Å². The summed E-state index contributed by atoms with van der Waals surface area (Å²) in [6.07, 6.45) is 0. The van der Waals surface area contributed by atoms with Crippen LogP contribution in [0.3, 0.4) is 0 Å². The van der Waals surface area contributed by atoms with Crippen molar-refractivity contribution in [2.45, 2.75) is 17.4 Å². The number of nitro groups is 1. The van der Waals surface area contributed by atoms with E-state index >= 15 is 0 Å². The molecule has 3 aromatic rings. The highest BCUT2D eigenvalue weighted by Crippen LogP contribution is 2.49. The number of anilines is 1. The van der Waals surface area contributed by atoms with Gasteiger partial charge in [0, 0.05) is 28.5 Å². The number of nitro benzene ring substituents is 1. The summed E-state index contributed by atoms with van der Waals surface area (Å²) < 4.78 is 35.1. The molecule has 0 aromatic heterocycles. The number of rotatable bonds is 7. The van der Waals surface area contributed by atoms with Crippen molar-refractivity contribution in [2.75, 3.05) is 15.3 Å². The summed E-state index contributed by atoms with van der Waals surface area (Å²) in [6.45, 7) is 0.364. The quantitative estimate of drug-likeness (QED) is 0.143. The van der Waals surface area contributed by atoms with Gasteiger partial charge >= 0.3 is 5.69 Å². The van der Waals surface area contributed by atoms with E-state index in [0.29, 0.717) is 19.2 Å². The van der Waals surface area contributed by atoms with E-state index in [4.69, 9.17) is 4.74 Å². The predicted octanol–water partition coefficient (Wildman–Crippen LogP) is 5.51. The smallest absolute Gasteiger partial charge is 0.324 e. The van der Waals surface area contributed by atoms with Gasteiger partial charge in [-0.15, -0.1) is 0 Å². The van der Waals surface area contributed by atoms with Crippen LogP contribution in [0.15, 0.2) is 71.6 Å². The normalized spacial score (nSPS) is 15.4. The fourth-order valence-corrected chi connectivity index (χ4v) is 7.13. The lowest BCUT2D eigenvalue weighted by Crippen LogP contribution is -2.30. The molecule has 1 aliphatic rings. The first-order valence-electron chi connectivity index (χ1n) is 9.66. The van der Waals surface area contributed by atoms with Crippen molar-refractivity contribution in [2.24, 2.45) is 0 Å². The van der Waals surface area contributed by atoms with E-state index in [0.717, 1.165) is 5.56 Å². The van der Waals surface area contributed by atoms with Crippen molar-refractivity contribution >= 4 is 66.6 Å². The van der Waals surface area contributed by atoms with Crippen molar-refractivity contribution in [3.63, 3.8) is 0 Å². The maximum absolute atomic E-state index is 13.4. The fraction of sp³-hybridized carbons (Fsp3) is 0.182. The van der Waals surface area contributed by atoms with Crippen LogP contribution in [0.5, 0.6) is 5.75 Å². The van der Waals surface area contributed by atoms with Crippen molar-refractivity contribution in [3.8, 4) is 5.75 Å². The zero-order valence-corrected chi connectivity index (χ0v) is 21.8. The van der Waals surface area contributed by atoms with Gasteiger partial charge in [0.05, 0.1) is 15.5 Å². The molecule has 32 heavy (non-hydrogen) atoms. The lowest BCUT2D eigenvalue weighted by molar-refractivity contribution is -0.386. The van der Waals surface area contributed by atoms with Gasteiger partial charge in [-0.25, -0.2) is 8.42 Å². The maximum atomic E-state index is 13.4. The van der Waals surface area contributed by atoms with Crippen LogP contribution in [-0.4, -0.2) is 24.3 Å². The van der Waals surface area contributed by atoms with Gasteiger partial charge in [0.25, 0.3) is 10.0 Å². The van der Waals surface area contributed by atoms with E-state index in [-0.39, 0.29) is 35.4 Å². The standard InChI is InChI=1S/C22H18I2N2O5S/c23-12-16-13-25(32(29,30)17-9-5-2-6-10-17)18-11-19(22(26(27)28)21(24)20(16)18)31-14-15-7-3-1-4-8-15/h1-11,16H,12-14H2. The highest BCUT2D eigenvalue weighted by molar-refractivity contribution is 14.1. The predicted molar refractivity (Wildman–Crippen MR) is 139 cm³/mol. The van der Waals surface area contributed by atoms with E-state index in [1.165, 1.54) is 10.4 Å². The fourth-order valence-electron chi connectivity index (χ4n) is 3.69. The van der Waals surface area contributed by atoms with Crippen LogP contribution in [-0.2, 0) is 16.6 Å². The summed E-state index contributed by atoms with van der Waals surface area (Å²) in [5.41, 5.74) is 1.84. The first kappa shape index (κ1) is 23.2. The van der Waals surface area contributed by atoms with Crippen LogP contribution < -0.4 is 9.04 Å². The molecular formula is C22H18I2N2O5S. The van der Waals surface area contributed by atoms with Gasteiger partial charge in [-0.1, -0.05) is 71.1 Å². The molecule has 0 amide bonds. The first-order chi connectivity index (χ1) is 15.3. The van der Waals surface area contributed by atoms with Crippen LogP contribution in [0.4, 0.5) is 11.4 Å². The molecule has 1 heterocycles. The molecule has 7 nitrogen and oxygen atoms in total. The maximum Gasteiger partial charge on any atom is 0.324 e. The van der Waals surface area contributed by atoms with E-state index in [1.807, 2.05) is 52.9 Å². The van der Waals surface area contributed by atoms with Gasteiger partial charge in [0.2, 0.25) is 5.75 Å². The van der Waals surface area contributed by atoms with Crippen molar-refractivity contribution in [1.82, 2.24) is 0 Å². The molecule has 1 atom stereocenters. The zero-order valence-electron chi connectivity index (χ0n) is 16.6. The molecule has 1 aliphatic heterocycles. The third kappa shape index (κ3) is 4.31. The Morgan fingerprint density at radius 3 is 2.31 bits per heavy atom. The topological polar surface area (TPSA) is 89.8 Å². The van der Waals surface area contributed by atoms with Gasteiger partial charge in [-0.05, 0) is 40.3 Å². The number of fused-ring (bicyclic) bond motifs is 1. The second-order valence-electron chi connectivity index (χ2n) is 7.20. The molecule has 10 heteroatoms. The number of hydrogen-bond acceptors (Lipinski definition) is 5. The molecule has 3 aromatic carbocycles. The summed E-state index contributed by atoms with van der Waals surface area (Å²) in [5.74, 6) is -0.0952. The summed E-state index contributed by atoms with van der Waals surface area (Å²) >= 11 is 4.14. The summed E-state index contributed by atoms with van der Waals surface area (Å²) in [7, 11) is -3.83. The molecule has 0 fully saturated rings. The van der Waals surface area contributed by atoms with Crippen LogP contribution in [0.1, 0.15) is 17.0 Å². The van der Waals surface area contributed by atoms with Gasteiger partial charge in [-0.3, -0.25) is 14.4 Å². The molecule has 0 spiro atoms. The number of ether oxygens (including phenoxy) is 1.